The van der Waals surface area contributed by atoms with E-state index in [0.717, 1.165) is 38.1 Å². The summed E-state index contributed by atoms with van der Waals surface area (Å²) in [5.74, 6) is 0.329. The number of halogens is 1. The van der Waals surface area contributed by atoms with Crippen molar-refractivity contribution in [3.8, 4) is 11.8 Å². The van der Waals surface area contributed by atoms with E-state index < -0.39 is 5.91 Å². The highest BCUT2D eigenvalue weighted by atomic mass is 35.5. The number of nitrogens with one attached hydrogen (secondary N) is 1. The van der Waals surface area contributed by atoms with Gasteiger partial charge in [-0.1, -0.05) is 39.3 Å². The summed E-state index contributed by atoms with van der Waals surface area (Å²) in [4.78, 5) is 10.9. The van der Waals surface area contributed by atoms with E-state index in [0.29, 0.717) is 22.2 Å². The number of hydrogen-bond acceptors (Lipinski definition) is 5. The number of benzene rings is 1. The predicted molar refractivity (Wildman–Crippen MR) is 125 cm³/mol. The lowest BCUT2D eigenvalue weighted by molar-refractivity contribution is -0.133. The van der Waals surface area contributed by atoms with Crippen LogP contribution in [0.15, 0.2) is 30.6 Å². The van der Waals surface area contributed by atoms with Crippen LogP contribution in [0.4, 0.5) is 0 Å². The van der Waals surface area contributed by atoms with Crippen LogP contribution in [-0.4, -0.2) is 34.9 Å². The molecule has 0 radical (unpaired) electrons. The first-order valence-electron chi connectivity index (χ1n) is 10.9. The van der Waals surface area contributed by atoms with E-state index in [1.165, 1.54) is 6.20 Å². The summed E-state index contributed by atoms with van der Waals surface area (Å²) >= 11 is 6.01. The van der Waals surface area contributed by atoms with Crippen molar-refractivity contribution in [2.45, 2.75) is 59.1 Å². The van der Waals surface area contributed by atoms with Crippen LogP contribution >= 0.6 is 11.6 Å². The van der Waals surface area contributed by atoms with Crippen LogP contribution in [0.3, 0.4) is 0 Å². The van der Waals surface area contributed by atoms with Gasteiger partial charge in [0.25, 0.3) is 5.91 Å². The molecule has 0 bridgehead atoms. The zero-order valence-electron chi connectivity index (χ0n) is 19.2. The Morgan fingerprint density at radius 1 is 1.28 bits per heavy atom. The van der Waals surface area contributed by atoms with E-state index in [-0.39, 0.29) is 16.9 Å². The fourth-order valence-electron chi connectivity index (χ4n) is 5.14. The first-order valence-corrected chi connectivity index (χ1v) is 11.3. The van der Waals surface area contributed by atoms with Gasteiger partial charge in [0.15, 0.2) is 0 Å². The van der Waals surface area contributed by atoms with Gasteiger partial charge in [0, 0.05) is 23.1 Å². The Morgan fingerprint density at radius 3 is 2.44 bits per heavy atom. The zero-order valence-corrected chi connectivity index (χ0v) is 19.9. The predicted octanol–water partition coefficient (Wildman–Crippen LogP) is 4.32. The molecule has 2 aromatic rings. The van der Waals surface area contributed by atoms with Crippen LogP contribution in [0, 0.1) is 22.2 Å². The second-order valence-electron chi connectivity index (χ2n) is 9.96. The Bertz CT molecular complexity index is 988. The molecular weight excluding hydrogens is 426 g/mol. The molecule has 3 N–H and O–H groups in total. The number of nitrogens with two attached hydrogens (primary N) is 1. The first-order chi connectivity index (χ1) is 15.0. The Balaban J connectivity index is 0.000000186. The second-order valence-corrected chi connectivity index (χ2v) is 10.4. The van der Waals surface area contributed by atoms with Crippen molar-refractivity contribution in [3.05, 3.63) is 46.7 Å². The number of nitriles is 1. The normalized spacial score (nSPS) is 19.8. The summed E-state index contributed by atoms with van der Waals surface area (Å²) in [5, 5.41) is 16.7. The number of carbonyl (C=O) groups is 1. The minimum absolute atomic E-state index is 0.175. The number of nitrogens with zero attached hydrogens (tertiary/aromatic N) is 3. The Hall–Kier alpha value is -2.56. The smallest absolute Gasteiger partial charge is 0.251 e. The van der Waals surface area contributed by atoms with Gasteiger partial charge in [-0.25, -0.2) is 0 Å². The maximum absolute atomic E-state index is 10.9. The van der Waals surface area contributed by atoms with Gasteiger partial charge in [0.05, 0.1) is 28.4 Å². The van der Waals surface area contributed by atoms with Crippen LogP contribution in [0.2, 0.25) is 5.02 Å². The molecule has 8 heteroatoms. The van der Waals surface area contributed by atoms with Gasteiger partial charge < -0.3 is 15.8 Å². The fraction of sp³-hybridized carbons (Fsp3) is 0.542. The van der Waals surface area contributed by atoms with Crippen LogP contribution in [0.1, 0.15) is 68.9 Å². The topological polar surface area (TPSA) is 106 Å². The van der Waals surface area contributed by atoms with Crippen molar-refractivity contribution in [2.24, 2.45) is 16.6 Å². The third-order valence-electron chi connectivity index (χ3n) is 6.21. The molecule has 1 aliphatic carbocycles. The third-order valence-corrected chi connectivity index (χ3v) is 6.53. The van der Waals surface area contributed by atoms with Gasteiger partial charge in [-0.3, -0.25) is 9.48 Å². The average Bonchev–Trinajstić information content (AvgIpc) is 3.23. The number of amides is 1. The Kier molecular flexibility index (Phi) is 7.16. The number of piperidine rings is 1. The zero-order chi connectivity index (χ0) is 23.5. The average molecular weight is 458 g/mol. The Labute approximate surface area is 194 Å². The van der Waals surface area contributed by atoms with Crippen molar-refractivity contribution in [3.63, 3.8) is 0 Å². The fourth-order valence-corrected chi connectivity index (χ4v) is 5.35. The summed E-state index contributed by atoms with van der Waals surface area (Å²) in [6, 6.07) is 7.70. The molecule has 0 spiro atoms. The highest BCUT2D eigenvalue weighted by Gasteiger charge is 2.54. The van der Waals surface area contributed by atoms with E-state index >= 15 is 0 Å². The molecule has 4 rings (SSSR count). The lowest BCUT2D eigenvalue weighted by Gasteiger charge is -2.56. The molecule has 1 saturated carbocycles. The molecule has 1 amide bonds. The van der Waals surface area contributed by atoms with Crippen LogP contribution < -0.4 is 15.8 Å². The summed E-state index contributed by atoms with van der Waals surface area (Å²) in [6.45, 7) is 10.9. The molecule has 1 saturated heterocycles. The van der Waals surface area contributed by atoms with Gasteiger partial charge in [-0.15, -0.1) is 0 Å². The maximum Gasteiger partial charge on any atom is 0.251 e. The lowest BCUT2D eigenvalue weighted by atomic mass is 9.53. The lowest BCUT2D eigenvalue weighted by Crippen LogP contribution is -2.58. The van der Waals surface area contributed by atoms with E-state index in [1.807, 2.05) is 16.8 Å². The van der Waals surface area contributed by atoms with Crippen molar-refractivity contribution in [2.75, 3.05) is 13.1 Å². The number of primary amides is 1. The van der Waals surface area contributed by atoms with Crippen LogP contribution in [0.25, 0.3) is 0 Å². The highest BCUT2D eigenvalue weighted by molar-refractivity contribution is 6.31. The molecule has 7 nitrogen and oxygen atoms in total. The summed E-state index contributed by atoms with van der Waals surface area (Å²) in [6.07, 6.45) is 6.70. The maximum atomic E-state index is 10.9. The molecule has 0 atom stereocenters. The van der Waals surface area contributed by atoms with Crippen molar-refractivity contribution < 1.29 is 9.53 Å². The van der Waals surface area contributed by atoms with E-state index in [2.05, 4.69) is 38.1 Å². The highest BCUT2D eigenvalue weighted by Crippen LogP contribution is 2.55. The summed E-state index contributed by atoms with van der Waals surface area (Å²) in [7, 11) is 0. The van der Waals surface area contributed by atoms with Crippen molar-refractivity contribution >= 4 is 17.5 Å². The van der Waals surface area contributed by atoms with Crippen LogP contribution in [0.5, 0.6) is 5.75 Å². The standard InChI is InChI=1S/C15H18ClNO.C9H14N4O/c1-14(2)9-15(3,4)13(14)18-11-6-5-10(8-17)12(16)7-11;10-9(14)7-5-12-13(6-7)8-1-3-11-4-2-8/h5-7,13H,9H2,1-4H3;5-6,8,11H,1-4H2,(H2,10,14). The molecule has 1 aromatic heterocycles. The van der Waals surface area contributed by atoms with E-state index in [1.54, 1.807) is 18.3 Å². The number of aromatic nitrogens is 2. The quantitative estimate of drug-likeness (QED) is 0.711. The number of rotatable bonds is 4. The third kappa shape index (κ3) is 5.43. The molecule has 2 fully saturated rings. The molecule has 2 aliphatic rings. The van der Waals surface area contributed by atoms with Crippen molar-refractivity contribution in [1.29, 1.82) is 5.26 Å². The minimum atomic E-state index is -0.412. The molecule has 172 valence electrons. The van der Waals surface area contributed by atoms with Crippen molar-refractivity contribution in [1.82, 2.24) is 15.1 Å². The van der Waals surface area contributed by atoms with Gasteiger partial charge in [-0.2, -0.15) is 10.4 Å². The van der Waals surface area contributed by atoms with Gasteiger partial charge in [-0.05, 0) is 44.5 Å². The van der Waals surface area contributed by atoms with Gasteiger partial charge in [0.2, 0.25) is 0 Å². The SMILES string of the molecule is CC1(C)CC(C)(C)C1Oc1ccc(C#N)c(Cl)c1.NC(=O)c1cnn(C2CCNCC2)c1. The van der Waals surface area contributed by atoms with E-state index in [9.17, 15) is 4.79 Å². The minimum Gasteiger partial charge on any atom is -0.489 e. The molecule has 1 aromatic carbocycles. The van der Waals surface area contributed by atoms with Gasteiger partial charge >= 0.3 is 0 Å². The monoisotopic (exact) mass is 457 g/mol. The summed E-state index contributed by atoms with van der Waals surface area (Å²) in [5.41, 5.74) is 6.49. The number of ether oxygens (including phenoxy) is 1. The largest absolute Gasteiger partial charge is 0.489 e. The van der Waals surface area contributed by atoms with E-state index in [4.69, 9.17) is 27.3 Å². The second kappa shape index (κ2) is 9.51. The van der Waals surface area contributed by atoms with Crippen LogP contribution in [-0.2, 0) is 0 Å². The Morgan fingerprint density at radius 2 is 1.94 bits per heavy atom. The molecule has 1 aliphatic heterocycles. The molecule has 32 heavy (non-hydrogen) atoms. The first kappa shape index (κ1) is 24.1. The number of carbonyl (C=O) groups excluding carboxylic acids is 1. The molecular formula is C24H32ClN5O2. The summed E-state index contributed by atoms with van der Waals surface area (Å²) < 4.78 is 7.92. The molecule has 0 unspecified atom stereocenters. The molecule has 2 heterocycles. The number of hydrogen-bond donors (Lipinski definition) is 2. The van der Waals surface area contributed by atoms with Gasteiger partial charge in [0.1, 0.15) is 17.9 Å².